The molecule has 1 aliphatic heterocycles. The Kier molecular flexibility index (Phi) is 6.33. The van der Waals surface area contributed by atoms with Crippen LogP contribution in [0.25, 0.3) is 10.9 Å². The van der Waals surface area contributed by atoms with E-state index in [1.165, 1.54) is 18.4 Å². The first-order valence-corrected chi connectivity index (χ1v) is 13.3. The second kappa shape index (κ2) is 9.20. The second-order valence-corrected chi connectivity index (χ2v) is 11.6. The Morgan fingerprint density at radius 1 is 1.06 bits per heavy atom. The number of ether oxygens (including phenoxy) is 2. The van der Waals surface area contributed by atoms with Crippen LogP contribution in [0, 0.1) is 5.92 Å². The molecule has 3 aliphatic rings. The van der Waals surface area contributed by atoms with Gasteiger partial charge in [0.25, 0.3) is 0 Å². The minimum absolute atomic E-state index is 0.0229. The second-order valence-electron chi connectivity index (χ2n) is 11.6. The average molecular weight is 495 g/mol. The standard InChI is InChI=1S/C28H38N4O4/c1-7-35-26(33)22-12-21(22)20-11-10-19(18-8-9-18)23-24(20)29-15-30-25(23)31-13-17(3)32(14-16(31)2)27(34)36-28(4,5)6/h10-11,15-18,21-22H,7-9,12-14H2,1-6H3/t16-,17+,21+,22-/m0/s1. The molecule has 1 aromatic heterocycles. The van der Waals surface area contributed by atoms with Gasteiger partial charge >= 0.3 is 12.1 Å². The van der Waals surface area contributed by atoms with Crippen LogP contribution in [0.1, 0.15) is 83.8 Å². The molecule has 3 fully saturated rings. The fourth-order valence-corrected chi connectivity index (χ4v) is 5.50. The SMILES string of the molecule is CCOC(=O)[C@H]1C[C@@H]1c1ccc(C2CC2)c2c(N3C[C@@H](C)N(C(=O)OC(C)(C)C)C[C@@H]3C)ncnc12. The number of piperazine rings is 1. The van der Waals surface area contributed by atoms with Crippen molar-refractivity contribution in [3.8, 4) is 0 Å². The quantitative estimate of drug-likeness (QED) is 0.540. The summed E-state index contributed by atoms with van der Waals surface area (Å²) in [7, 11) is 0. The zero-order valence-corrected chi connectivity index (χ0v) is 22.3. The van der Waals surface area contributed by atoms with Gasteiger partial charge in [0, 0.05) is 36.5 Å². The number of carbonyl (C=O) groups is 2. The molecule has 2 saturated carbocycles. The first-order valence-electron chi connectivity index (χ1n) is 13.3. The highest BCUT2D eigenvalue weighted by atomic mass is 16.6. The number of anilines is 1. The van der Waals surface area contributed by atoms with Gasteiger partial charge in [-0.2, -0.15) is 0 Å². The van der Waals surface area contributed by atoms with Gasteiger partial charge in [-0.05, 0) is 77.8 Å². The van der Waals surface area contributed by atoms with E-state index in [-0.39, 0.29) is 36.0 Å². The normalized spacial score (nSPS) is 26.2. The van der Waals surface area contributed by atoms with Crippen molar-refractivity contribution in [1.82, 2.24) is 14.9 Å². The van der Waals surface area contributed by atoms with Crippen LogP contribution in [0.3, 0.4) is 0 Å². The van der Waals surface area contributed by atoms with Crippen LogP contribution < -0.4 is 4.90 Å². The van der Waals surface area contributed by atoms with E-state index >= 15 is 0 Å². The Morgan fingerprint density at radius 3 is 2.44 bits per heavy atom. The first kappa shape index (κ1) is 24.8. The van der Waals surface area contributed by atoms with E-state index in [9.17, 15) is 9.59 Å². The van der Waals surface area contributed by atoms with Crippen LogP contribution in [-0.2, 0) is 14.3 Å². The number of nitrogens with zero attached hydrogens (tertiary/aromatic N) is 4. The molecule has 0 radical (unpaired) electrons. The molecular formula is C28H38N4O4. The largest absolute Gasteiger partial charge is 0.466 e. The zero-order valence-electron chi connectivity index (χ0n) is 22.3. The average Bonchev–Trinajstić information content (AvgIpc) is 3.72. The number of hydrogen-bond acceptors (Lipinski definition) is 7. The highest BCUT2D eigenvalue weighted by Gasteiger charge is 2.47. The Hall–Kier alpha value is -2.90. The summed E-state index contributed by atoms with van der Waals surface area (Å²) in [5, 5.41) is 1.11. The van der Waals surface area contributed by atoms with Crippen molar-refractivity contribution in [1.29, 1.82) is 0 Å². The Balaban J connectivity index is 1.48. The van der Waals surface area contributed by atoms with E-state index in [4.69, 9.17) is 19.4 Å². The molecule has 2 heterocycles. The topological polar surface area (TPSA) is 84.9 Å². The maximum atomic E-state index is 12.9. The van der Waals surface area contributed by atoms with E-state index in [0.717, 1.165) is 28.7 Å². The summed E-state index contributed by atoms with van der Waals surface area (Å²) in [6.07, 6.45) is 4.54. The van der Waals surface area contributed by atoms with Crippen molar-refractivity contribution >= 4 is 28.8 Å². The van der Waals surface area contributed by atoms with Crippen molar-refractivity contribution in [2.45, 2.75) is 90.3 Å². The number of fused-ring (bicyclic) bond motifs is 1. The van der Waals surface area contributed by atoms with Crippen molar-refractivity contribution in [2.75, 3.05) is 24.6 Å². The lowest BCUT2D eigenvalue weighted by molar-refractivity contribution is -0.144. The van der Waals surface area contributed by atoms with Crippen LogP contribution in [0.5, 0.6) is 0 Å². The molecule has 0 bridgehead atoms. The number of benzene rings is 1. The number of aromatic nitrogens is 2. The molecule has 2 aromatic rings. The van der Waals surface area contributed by atoms with Gasteiger partial charge < -0.3 is 19.3 Å². The van der Waals surface area contributed by atoms with E-state index in [0.29, 0.717) is 25.6 Å². The number of rotatable bonds is 5. The van der Waals surface area contributed by atoms with Crippen LogP contribution in [0.4, 0.5) is 10.6 Å². The molecule has 36 heavy (non-hydrogen) atoms. The predicted octanol–water partition coefficient (Wildman–Crippen LogP) is 5.01. The first-order chi connectivity index (χ1) is 17.1. The lowest BCUT2D eigenvalue weighted by Gasteiger charge is -2.45. The Bertz CT molecular complexity index is 1170. The molecule has 5 rings (SSSR count). The molecule has 8 heteroatoms. The molecule has 0 N–H and O–H groups in total. The fourth-order valence-electron chi connectivity index (χ4n) is 5.50. The van der Waals surface area contributed by atoms with Crippen molar-refractivity contribution in [3.05, 3.63) is 29.6 Å². The predicted molar refractivity (Wildman–Crippen MR) is 138 cm³/mol. The lowest BCUT2D eigenvalue weighted by atomic mass is 9.96. The fraction of sp³-hybridized carbons (Fsp3) is 0.643. The smallest absolute Gasteiger partial charge is 0.410 e. The Labute approximate surface area is 213 Å². The maximum absolute atomic E-state index is 12.9. The third-order valence-corrected chi connectivity index (χ3v) is 7.51. The summed E-state index contributed by atoms with van der Waals surface area (Å²) in [5.41, 5.74) is 2.84. The van der Waals surface area contributed by atoms with Crippen LogP contribution in [-0.4, -0.2) is 64.3 Å². The molecule has 1 aromatic carbocycles. The molecule has 1 amide bonds. The lowest BCUT2D eigenvalue weighted by Crippen LogP contribution is -2.59. The summed E-state index contributed by atoms with van der Waals surface area (Å²) in [5.74, 6) is 1.40. The minimum atomic E-state index is -0.528. The van der Waals surface area contributed by atoms with Crippen molar-refractivity contribution < 1.29 is 19.1 Å². The number of hydrogen-bond donors (Lipinski definition) is 0. The van der Waals surface area contributed by atoms with Crippen LogP contribution in [0.2, 0.25) is 0 Å². The highest BCUT2D eigenvalue weighted by molar-refractivity contribution is 5.96. The molecule has 0 spiro atoms. The van der Waals surface area contributed by atoms with E-state index in [1.54, 1.807) is 6.33 Å². The molecule has 4 atom stereocenters. The molecule has 8 nitrogen and oxygen atoms in total. The molecule has 2 aliphatic carbocycles. The maximum Gasteiger partial charge on any atom is 0.410 e. The number of carbonyl (C=O) groups excluding carboxylic acids is 2. The summed E-state index contributed by atoms with van der Waals surface area (Å²) in [6.45, 7) is 13.4. The third kappa shape index (κ3) is 4.74. The number of esters is 1. The summed E-state index contributed by atoms with van der Waals surface area (Å²) in [6, 6.07) is 4.44. The van der Waals surface area contributed by atoms with Gasteiger partial charge in [-0.15, -0.1) is 0 Å². The van der Waals surface area contributed by atoms with Crippen molar-refractivity contribution in [3.63, 3.8) is 0 Å². The minimum Gasteiger partial charge on any atom is -0.466 e. The van der Waals surface area contributed by atoms with Gasteiger partial charge in [0.15, 0.2) is 0 Å². The van der Waals surface area contributed by atoms with E-state index in [1.807, 2.05) is 32.6 Å². The number of amides is 1. The molecule has 0 unspecified atom stereocenters. The summed E-state index contributed by atoms with van der Waals surface area (Å²) >= 11 is 0. The monoisotopic (exact) mass is 494 g/mol. The molecular weight excluding hydrogens is 456 g/mol. The van der Waals surface area contributed by atoms with E-state index < -0.39 is 5.60 Å². The van der Waals surface area contributed by atoms with E-state index in [2.05, 4.69) is 30.9 Å². The highest BCUT2D eigenvalue weighted by Crippen LogP contribution is 2.52. The van der Waals surface area contributed by atoms with Gasteiger partial charge in [-0.3, -0.25) is 4.79 Å². The molecule has 1 saturated heterocycles. The Morgan fingerprint density at radius 2 is 1.78 bits per heavy atom. The van der Waals surface area contributed by atoms with Gasteiger partial charge in [0.2, 0.25) is 0 Å². The van der Waals surface area contributed by atoms with Gasteiger partial charge in [-0.1, -0.05) is 12.1 Å². The van der Waals surface area contributed by atoms with Crippen LogP contribution >= 0.6 is 0 Å². The van der Waals surface area contributed by atoms with Gasteiger partial charge in [0.05, 0.1) is 18.0 Å². The summed E-state index contributed by atoms with van der Waals surface area (Å²) < 4.78 is 11.0. The van der Waals surface area contributed by atoms with Gasteiger partial charge in [-0.25, -0.2) is 14.8 Å². The van der Waals surface area contributed by atoms with Gasteiger partial charge in [0.1, 0.15) is 17.7 Å². The summed E-state index contributed by atoms with van der Waals surface area (Å²) in [4.78, 5) is 38.9. The molecule has 194 valence electrons. The third-order valence-electron chi connectivity index (χ3n) is 7.51. The zero-order chi connectivity index (χ0) is 25.8. The van der Waals surface area contributed by atoms with Crippen LogP contribution in [0.15, 0.2) is 18.5 Å². The van der Waals surface area contributed by atoms with Crippen molar-refractivity contribution in [2.24, 2.45) is 5.92 Å².